The predicted molar refractivity (Wildman–Crippen MR) is 99.7 cm³/mol. The molecule has 2 heterocycles. The fourth-order valence-electron chi connectivity index (χ4n) is 3.25. The van der Waals surface area contributed by atoms with Gasteiger partial charge in [0.15, 0.2) is 23.9 Å². The van der Waals surface area contributed by atoms with Crippen molar-refractivity contribution in [3.63, 3.8) is 0 Å². The zero-order chi connectivity index (χ0) is 18.4. The quantitative estimate of drug-likeness (QED) is 0.792. The summed E-state index contributed by atoms with van der Waals surface area (Å²) in [4.78, 5) is 19.9. The summed E-state index contributed by atoms with van der Waals surface area (Å²) in [5, 5.41) is 0. The largest absolute Gasteiger partial charge is 0.493 e. The van der Waals surface area contributed by atoms with Gasteiger partial charge >= 0.3 is 0 Å². The number of aryl methyl sites for hydroxylation is 1. The Labute approximate surface area is 154 Å². The lowest BCUT2D eigenvalue weighted by Gasteiger charge is -2.35. The van der Waals surface area contributed by atoms with Gasteiger partial charge in [-0.2, -0.15) is 0 Å². The van der Waals surface area contributed by atoms with Gasteiger partial charge in [-0.05, 0) is 24.1 Å². The SMILES string of the molecule is COc1ccc(CCC(=O)N2CCN(c3cc[nH+]cc3)CC2)cc1OC. The molecule has 3 rings (SSSR count). The Bertz CT molecular complexity index is 728. The van der Waals surface area contributed by atoms with Crippen LogP contribution in [0.4, 0.5) is 5.69 Å². The molecule has 0 radical (unpaired) electrons. The van der Waals surface area contributed by atoms with Crippen molar-refractivity contribution in [2.45, 2.75) is 12.8 Å². The number of rotatable bonds is 6. The van der Waals surface area contributed by atoms with Crippen LogP contribution < -0.4 is 19.4 Å². The van der Waals surface area contributed by atoms with Crippen LogP contribution in [0.2, 0.25) is 0 Å². The number of ether oxygens (including phenoxy) is 2. The van der Waals surface area contributed by atoms with Gasteiger partial charge in [-0.1, -0.05) is 6.07 Å². The summed E-state index contributed by atoms with van der Waals surface area (Å²) in [6.45, 7) is 3.27. The average molecular weight is 356 g/mol. The zero-order valence-corrected chi connectivity index (χ0v) is 15.4. The van der Waals surface area contributed by atoms with Crippen LogP contribution in [0, 0.1) is 0 Å². The summed E-state index contributed by atoms with van der Waals surface area (Å²) >= 11 is 0. The molecule has 0 saturated carbocycles. The molecule has 0 spiro atoms. The van der Waals surface area contributed by atoms with E-state index in [9.17, 15) is 4.79 Å². The van der Waals surface area contributed by atoms with Crippen LogP contribution in [0.25, 0.3) is 0 Å². The minimum absolute atomic E-state index is 0.209. The average Bonchev–Trinajstić information content (AvgIpc) is 2.72. The molecular weight excluding hydrogens is 330 g/mol. The van der Waals surface area contributed by atoms with E-state index in [0.717, 1.165) is 31.7 Å². The molecule has 0 unspecified atom stereocenters. The molecule has 0 bridgehead atoms. The molecule has 1 aliphatic rings. The van der Waals surface area contributed by atoms with Gasteiger partial charge in [0.25, 0.3) is 0 Å². The number of amides is 1. The van der Waals surface area contributed by atoms with E-state index in [4.69, 9.17) is 9.47 Å². The fourth-order valence-corrected chi connectivity index (χ4v) is 3.25. The van der Waals surface area contributed by atoms with Crippen molar-refractivity contribution in [3.05, 3.63) is 48.3 Å². The minimum atomic E-state index is 0.209. The van der Waals surface area contributed by atoms with Crippen molar-refractivity contribution in [1.29, 1.82) is 0 Å². The van der Waals surface area contributed by atoms with Gasteiger partial charge in [-0.15, -0.1) is 0 Å². The lowest BCUT2D eigenvalue weighted by Crippen LogP contribution is -2.48. The third-order valence-corrected chi connectivity index (χ3v) is 4.77. The number of hydrogen-bond donors (Lipinski definition) is 0. The van der Waals surface area contributed by atoms with Crippen molar-refractivity contribution in [1.82, 2.24) is 4.90 Å². The highest BCUT2D eigenvalue weighted by Gasteiger charge is 2.21. The molecule has 6 heteroatoms. The number of anilines is 1. The molecule has 26 heavy (non-hydrogen) atoms. The van der Waals surface area contributed by atoms with Crippen LogP contribution in [0.3, 0.4) is 0 Å². The molecule has 1 saturated heterocycles. The van der Waals surface area contributed by atoms with Crippen LogP contribution in [-0.4, -0.2) is 51.2 Å². The van der Waals surface area contributed by atoms with Gasteiger partial charge in [0.05, 0.1) is 14.2 Å². The molecule has 138 valence electrons. The monoisotopic (exact) mass is 356 g/mol. The maximum Gasteiger partial charge on any atom is 0.223 e. The number of H-pyrrole nitrogens is 1. The number of aromatic nitrogens is 1. The summed E-state index contributed by atoms with van der Waals surface area (Å²) in [6, 6.07) is 9.94. The highest BCUT2D eigenvalue weighted by molar-refractivity contribution is 5.76. The Morgan fingerprint density at radius 1 is 1.00 bits per heavy atom. The Hall–Kier alpha value is -2.76. The topological polar surface area (TPSA) is 56.2 Å². The predicted octanol–water partition coefficient (Wildman–Crippen LogP) is 1.80. The molecule has 0 aliphatic carbocycles. The molecule has 1 aromatic carbocycles. The molecule has 1 aliphatic heterocycles. The molecule has 1 N–H and O–H groups in total. The number of carbonyl (C=O) groups excluding carboxylic acids is 1. The van der Waals surface area contributed by atoms with E-state index in [1.54, 1.807) is 14.2 Å². The van der Waals surface area contributed by atoms with Gasteiger partial charge in [-0.25, -0.2) is 4.98 Å². The smallest absolute Gasteiger partial charge is 0.223 e. The Kier molecular flexibility index (Phi) is 5.94. The van der Waals surface area contributed by atoms with Crippen molar-refractivity contribution < 1.29 is 19.3 Å². The van der Waals surface area contributed by atoms with Gasteiger partial charge in [0.1, 0.15) is 0 Å². The second kappa shape index (κ2) is 8.56. The number of carbonyl (C=O) groups is 1. The maximum atomic E-state index is 12.5. The second-order valence-corrected chi connectivity index (χ2v) is 6.32. The number of piperazine rings is 1. The van der Waals surface area contributed by atoms with Gasteiger partial charge in [-0.3, -0.25) is 4.79 Å². The Morgan fingerprint density at radius 2 is 1.69 bits per heavy atom. The van der Waals surface area contributed by atoms with Crippen molar-refractivity contribution in [3.8, 4) is 11.5 Å². The van der Waals surface area contributed by atoms with Crippen LogP contribution in [-0.2, 0) is 11.2 Å². The summed E-state index contributed by atoms with van der Waals surface area (Å²) in [5.74, 6) is 1.62. The van der Waals surface area contributed by atoms with Crippen molar-refractivity contribution in [2.75, 3.05) is 45.3 Å². The third-order valence-electron chi connectivity index (χ3n) is 4.77. The van der Waals surface area contributed by atoms with E-state index < -0.39 is 0 Å². The zero-order valence-electron chi connectivity index (χ0n) is 15.4. The molecule has 1 amide bonds. The molecule has 1 aromatic heterocycles. The van der Waals surface area contributed by atoms with Gasteiger partial charge < -0.3 is 19.3 Å². The van der Waals surface area contributed by atoms with Crippen LogP contribution >= 0.6 is 0 Å². The fraction of sp³-hybridized carbons (Fsp3) is 0.400. The summed E-state index contributed by atoms with van der Waals surface area (Å²) in [5.41, 5.74) is 2.27. The number of benzene rings is 1. The third kappa shape index (κ3) is 4.25. The van der Waals surface area contributed by atoms with E-state index in [0.29, 0.717) is 24.3 Å². The van der Waals surface area contributed by atoms with Gasteiger partial charge in [0.2, 0.25) is 5.91 Å². The molecule has 6 nitrogen and oxygen atoms in total. The van der Waals surface area contributed by atoms with Crippen molar-refractivity contribution in [2.24, 2.45) is 0 Å². The first-order valence-electron chi connectivity index (χ1n) is 8.91. The summed E-state index contributed by atoms with van der Waals surface area (Å²) in [6.07, 6.45) is 5.07. The van der Waals surface area contributed by atoms with Crippen LogP contribution in [0.5, 0.6) is 11.5 Å². The lowest BCUT2D eigenvalue weighted by atomic mass is 10.1. The first-order chi connectivity index (χ1) is 12.7. The normalized spacial score (nSPS) is 14.2. The van der Waals surface area contributed by atoms with E-state index in [1.807, 2.05) is 35.5 Å². The number of methoxy groups -OCH3 is 2. The summed E-state index contributed by atoms with van der Waals surface area (Å²) in [7, 11) is 3.24. The minimum Gasteiger partial charge on any atom is -0.493 e. The Balaban J connectivity index is 1.50. The van der Waals surface area contributed by atoms with Crippen LogP contribution in [0.1, 0.15) is 12.0 Å². The number of pyridine rings is 1. The standard InChI is InChI=1S/C20H25N3O3/c1-25-18-5-3-16(15-19(18)26-2)4-6-20(24)23-13-11-22(12-14-23)17-7-9-21-10-8-17/h3,5,7-10,15H,4,6,11-14H2,1-2H3/p+1. The highest BCUT2D eigenvalue weighted by atomic mass is 16.5. The number of nitrogens with zero attached hydrogens (tertiary/aromatic N) is 2. The van der Waals surface area contributed by atoms with E-state index >= 15 is 0 Å². The van der Waals surface area contributed by atoms with E-state index in [1.165, 1.54) is 5.69 Å². The molecule has 0 atom stereocenters. The van der Waals surface area contributed by atoms with E-state index in [2.05, 4.69) is 22.0 Å². The first-order valence-corrected chi connectivity index (χ1v) is 8.91. The van der Waals surface area contributed by atoms with Gasteiger partial charge in [0, 0.05) is 50.4 Å². The van der Waals surface area contributed by atoms with Crippen LogP contribution in [0.15, 0.2) is 42.7 Å². The second-order valence-electron chi connectivity index (χ2n) is 6.32. The highest BCUT2D eigenvalue weighted by Crippen LogP contribution is 2.28. The summed E-state index contributed by atoms with van der Waals surface area (Å²) < 4.78 is 10.6. The molecule has 2 aromatic rings. The lowest BCUT2D eigenvalue weighted by molar-refractivity contribution is -0.377. The molecular formula is C20H26N3O3+. The van der Waals surface area contributed by atoms with Crippen molar-refractivity contribution >= 4 is 11.6 Å². The number of hydrogen-bond acceptors (Lipinski definition) is 4. The Morgan fingerprint density at radius 3 is 2.35 bits per heavy atom. The molecule has 1 fully saturated rings. The first kappa shape index (κ1) is 18.0. The van der Waals surface area contributed by atoms with E-state index in [-0.39, 0.29) is 5.91 Å². The number of nitrogens with one attached hydrogen (secondary N) is 1. The number of aromatic amines is 1. The maximum absolute atomic E-state index is 12.5.